The number of oxime groups is 1. The number of carbonyl (C=O) groups is 4. The molecule has 4 heterocycles. The summed E-state index contributed by atoms with van der Waals surface area (Å²) in [5.41, 5.74) is 5.89. The van der Waals surface area contributed by atoms with E-state index >= 15 is 0 Å². The molecule has 0 spiro atoms. The van der Waals surface area contributed by atoms with Crippen molar-refractivity contribution in [3.05, 3.63) is 46.5 Å². The third-order valence-corrected chi connectivity index (χ3v) is 7.77. The van der Waals surface area contributed by atoms with Gasteiger partial charge in [-0.2, -0.15) is 0 Å². The predicted molar refractivity (Wildman–Crippen MR) is 136 cm³/mol. The van der Waals surface area contributed by atoms with E-state index in [2.05, 4.69) is 15.5 Å². The van der Waals surface area contributed by atoms with E-state index in [1.165, 1.54) is 36.6 Å². The molecule has 0 bridgehead atoms. The average molecular weight is 566 g/mol. The number of nitrogens with one attached hydrogen (secondary N) is 1. The second-order valence-electron chi connectivity index (χ2n) is 6.87. The molecule has 0 aromatic carbocycles. The zero-order valence-corrected chi connectivity index (χ0v) is 20.4. The van der Waals surface area contributed by atoms with Crippen LogP contribution in [0.2, 0.25) is 0 Å². The number of aromatic nitrogens is 1. The molecule has 1 fully saturated rings. The Morgan fingerprint density at radius 3 is 2.78 bits per heavy atom. The minimum absolute atomic E-state index is 0. The number of rotatable bonds is 8. The van der Waals surface area contributed by atoms with Crippen molar-refractivity contribution in [2.75, 3.05) is 24.3 Å². The van der Waals surface area contributed by atoms with Gasteiger partial charge in [-0.15, -0.1) is 23.1 Å². The van der Waals surface area contributed by atoms with E-state index in [1.54, 1.807) is 6.07 Å². The summed E-state index contributed by atoms with van der Waals surface area (Å²) in [6.07, 6.45) is 1.37. The number of hydrogen-bond acceptors (Lipinski definition) is 12. The molecule has 0 radical (unpaired) electrons. The molecular formula is C19H20N5NaO8S3. The summed E-state index contributed by atoms with van der Waals surface area (Å²) in [6.45, 7) is 0. The molecule has 188 valence electrons. The Morgan fingerprint density at radius 1 is 1.44 bits per heavy atom. The molecule has 2 aromatic heterocycles. The van der Waals surface area contributed by atoms with Crippen molar-refractivity contribution in [3.63, 3.8) is 0 Å². The number of thiazole rings is 1. The molecule has 0 saturated carbocycles. The summed E-state index contributed by atoms with van der Waals surface area (Å²) in [5.74, 6) is -2.08. The first-order valence-corrected chi connectivity index (χ1v) is 12.5. The van der Waals surface area contributed by atoms with Gasteiger partial charge in [-0.05, 0) is 17.7 Å². The molecule has 0 aliphatic carbocycles. The van der Waals surface area contributed by atoms with Gasteiger partial charge in [-0.1, -0.05) is 16.9 Å². The first kappa shape index (κ1) is 29.9. The predicted octanol–water partition coefficient (Wildman–Crippen LogP) is -0.492. The molecule has 6 N–H and O–H groups in total. The molecule has 1 saturated heterocycles. The van der Waals surface area contributed by atoms with Gasteiger partial charge in [0, 0.05) is 16.9 Å². The molecule has 2 amide bonds. The van der Waals surface area contributed by atoms with Crippen molar-refractivity contribution in [2.24, 2.45) is 5.16 Å². The summed E-state index contributed by atoms with van der Waals surface area (Å²) in [6, 6.07) is 2.13. The zero-order valence-electron chi connectivity index (χ0n) is 17.9. The van der Waals surface area contributed by atoms with Gasteiger partial charge in [0.15, 0.2) is 16.6 Å². The molecule has 2 aliphatic rings. The molecule has 2 atom stereocenters. The average Bonchev–Trinajstić information content (AvgIpc) is 3.50. The van der Waals surface area contributed by atoms with E-state index in [4.69, 9.17) is 15.0 Å². The van der Waals surface area contributed by atoms with Crippen LogP contribution in [-0.4, -0.2) is 109 Å². The van der Waals surface area contributed by atoms with E-state index < -0.39 is 29.2 Å². The van der Waals surface area contributed by atoms with Gasteiger partial charge in [0.05, 0.1) is 6.26 Å². The maximum absolute atomic E-state index is 12.8. The normalized spacial score (nSPS) is 18.9. The number of thioether (sulfide) groups is 2. The van der Waals surface area contributed by atoms with E-state index in [9.17, 15) is 24.3 Å². The Labute approximate surface area is 238 Å². The summed E-state index contributed by atoms with van der Waals surface area (Å²) >= 11 is 3.29. The Morgan fingerprint density at radius 2 is 2.19 bits per heavy atom. The van der Waals surface area contributed by atoms with Gasteiger partial charge in [0.2, 0.25) is 0 Å². The van der Waals surface area contributed by atoms with Crippen LogP contribution in [0.3, 0.4) is 0 Å². The Balaban J connectivity index is 0.00000228. The van der Waals surface area contributed by atoms with Crippen LogP contribution in [0.1, 0.15) is 16.2 Å². The van der Waals surface area contributed by atoms with Crippen molar-refractivity contribution < 1.29 is 39.0 Å². The van der Waals surface area contributed by atoms with Gasteiger partial charge >= 0.3 is 35.5 Å². The number of carbonyl (C=O) groups excluding carboxylic acids is 3. The summed E-state index contributed by atoms with van der Waals surface area (Å²) in [5, 5.41) is 16.8. The number of furan rings is 1. The fraction of sp³-hybridized carbons (Fsp3) is 0.263. The molecule has 13 nitrogen and oxygen atoms in total. The van der Waals surface area contributed by atoms with Crippen LogP contribution in [0.4, 0.5) is 5.13 Å². The van der Waals surface area contributed by atoms with Crippen LogP contribution in [0, 0.1) is 0 Å². The molecule has 2 aromatic rings. The monoisotopic (exact) mass is 565 g/mol. The van der Waals surface area contributed by atoms with E-state index in [-0.39, 0.29) is 79.6 Å². The Hall–Kier alpha value is -2.34. The number of aliphatic carboxylic acids is 1. The van der Waals surface area contributed by atoms with Gasteiger partial charge in [0.25, 0.3) is 16.9 Å². The molecule has 4 rings (SSSR count). The van der Waals surface area contributed by atoms with Gasteiger partial charge < -0.3 is 30.9 Å². The number of hydrogen-bond donors (Lipinski definition) is 3. The molecule has 2 aliphatic heterocycles. The minimum atomic E-state index is -1.29. The fourth-order valence-electron chi connectivity index (χ4n) is 3.31. The number of amides is 2. The molecule has 17 heteroatoms. The quantitative estimate of drug-likeness (QED) is 0.161. The second kappa shape index (κ2) is 12.8. The van der Waals surface area contributed by atoms with Crippen LogP contribution in [0.15, 0.2) is 44.6 Å². The Bertz CT molecular complexity index is 1220. The van der Waals surface area contributed by atoms with Gasteiger partial charge in [-0.25, -0.2) is 9.78 Å². The van der Waals surface area contributed by atoms with E-state index in [1.807, 2.05) is 0 Å². The fourth-order valence-corrected chi connectivity index (χ4v) is 6.14. The standard InChI is InChI=1S/C19H17N5O7S3.Na.H2O.H/c1-30-23-11(9-7-34-19(20)21-9)14(25)22-12-15(26)24-13(17(27)28)8(5-32-16(12)24)6-33-18(29)10-3-2-4-31-10;;;/h2-4,7,12,16H,5-6H2,1H3,(H2,20,21)(H,22,25)(H,27,28);;1H2;/b23-11-;;;/t12-,16-;;;/m1.../s1. The van der Waals surface area contributed by atoms with Crippen LogP contribution < -0.4 is 11.1 Å². The third kappa shape index (κ3) is 5.96. The number of β-lactam (4-membered cyclic amide) rings is 1. The molecule has 0 unspecified atom stereocenters. The number of fused-ring (bicyclic) bond motifs is 1. The SMILES string of the molecule is CO/N=C(\C(=O)N[C@@H]1C(=O)N2C(C(=O)O)=C(CSC(=O)c3ccco3)CS[C@H]12)c1csc(N)n1.O.[NaH]. The van der Waals surface area contributed by atoms with Crippen molar-refractivity contribution in [3.8, 4) is 0 Å². The van der Waals surface area contributed by atoms with Crippen LogP contribution in [0.5, 0.6) is 0 Å². The Kier molecular flexibility index (Phi) is 10.6. The molecule has 36 heavy (non-hydrogen) atoms. The topological polar surface area (TPSA) is 209 Å². The van der Waals surface area contributed by atoms with Gasteiger partial charge in [-0.3, -0.25) is 19.3 Å². The van der Waals surface area contributed by atoms with Crippen LogP contribution in [-0.2, 0) is 19.2 Å². The number of nitrogen functional groups attached to an aromatic ring is 1. The van der Waals surface area contributed by atoms with Crippen LogP contribution >= 0.6 is 34.9 Å². The first-order chi connectivity index (χ1) is 16.3. The summed E-state index contributed by atoms with van der Waals surface area (Å²) < 4.78 is 5.05. The number of anilines is 1. The maximum atomic E-state index is 12.8. The van der Waals surface area contributed by atoms with E-state index in [0.29, 0.717) is 5.57 Å². The number of carboxylic acids is 1. The van der Waals surface area contributed by atoms with Crippen molar-refractivity contribution in [2.45, 2.75) is 11.4 Å². The number of nitrogens with two attached hydrogens (primary N) is 1. The molecular weight excluding hydrogens is 545 g/mol. The number of nitrogens with zero attached hydrogens (tertiary/aromatic N) is 3. The van der Waals surface area contributed by atoms with Crippen molar-refractivity contribution >= 4 is 98.2 Å². The summed E-state index contributed by atoms with van der Waals surface area (Å²) in [7, 11) is 1.26. The third-order valence-electron chi connectivity index (χ3n) is 4.80. The second-order valence-corrected chi connectivity index (χ2v) is 9.81. The first-order valence-electron chi connectivity index (χ1n) is 9.55. The van der Waals surface area contributed by atoms with Crippen molar-refractivity contribution in [1.82, 2.24) is 15.2 Å². The van der Waals surface area contributed by atoms with E-state index in [0.717, 1.165) is 28.0 Å². The zero-order chi connectivity index (χ0) is 24.4. The van der Waals surface area contributed by atoms with Crippen LogP contribution in [0.25, 0.3) is 0 Å². The number of carboxylic acid groups (broad SMARTS) is 1. The van der Waals surface area contributed by atoms with Crippen molar-refractivity contribution in [1.29, 1.82) is 0 Å². The van der Waals surface area contributed by atoms with Gasteiger partial charge in [0.1, 0.15) is 29.9 Å². The summed E-state index contributed by atoms with van der Waals surface area (Å²) in [4.78, 5) is 59.6.